The first-order chi connectivity index (χ1) is 16.5. The molecule has 2 N–H and O–H groups in total. The zero-order valence-corrected chi connectivity index (χ0v) is 19.8. The van der Waals surface area contributed by atoms with Crippen molar-refractivity contribution < 1.29 is 13.4 Å². The number of halogens is 1. The number of anilines is 1. The number of aromatic nitrogens is 2. The first-order valence-electron chi connectivity index (χ1n) is 11.6. The van der Waals surface area contributed by atoms with Gasteiger partial charge in [-0.05, 0) is 49.6 Å². The van der Waals surface area contributed by atoms with Gasteiger partial charge in [-0.1, -0.05) is 49.1 Å². The van der Waals surface area contributed by atoms with Crippen LogP contribution in [-0.2, 0) is 11.0 Å². The molecule has 1 saturated carbocycles. The minimum atomic E-state index is -1.27. The molecule has 0 spiro atoms. The first kappa shape index (κ1) is 22.5. The van der Waals surface area contributed by atoms with Crippen LogP contribution in [0.1, 0.15) is 53.6 Å². The monoisotopic (exact) mass is 475 g/mol. The van der Waals surface area contributed by atoms with Gasteiger partial charge in [0.25, 0.3) is 0 Å². The van der Waals surface area contributed by atoms with Gasteiger partial charge in [-0.15, -0.1) is 0 Å². The number of rotatable bonds is 6. The van der Waals surface area contributed by atoms with Crippen molar-refractivity contribution in [2.24, 2.45) is 0 Å². The van der Waals surface area contributed by atoms with Gasteiger partial charge >= 0.3 is 0 Å². The first-order valence-corrected chi connectivity index (χ1v) is 12.8. The van der Waals surface area contributed by atoms with Crippen LogP contribution in [0.2, 0.25) is 0 Å². The molecule has 1 aliphatic rings. The maximum Gasteiger partial charge on any atom is 0.198 e. The van der Waals surface area contributed by atoms with Crippen molar-refractivity contribution in [1.29, 1.82) is 0 Å². The Hall–Kier alpha value is -3.32. The molecule has 1 unspecified atom stereocenters. The van der Waals surface area contributed by atoms with E-state index >= 15 is 0 Å². The van der Waals surface area contributed by atoms with E-state index in [4.69, 9.17) is 0 Å². The summed E-state index contributed by atoms with van der Waals surface area (Å²) in [7, 11) is -1.27. The van der Waals surface area contributed by atoms with Gasteiger partial charge in [0.15, 0.2) is 5.78 Å². The number of benzene rings is 2. The number of carbonyl (C=O) groups excluding carboxylic acids is 1. The van der Waals surface area contributed by atoms with Crippen LogP contribution in [0, 0.1) is 12.7 Å². The number of nitrogens with one attached hydrogen (secondary N) is 2. The average Bonchev–Trinajstić information content (AvgIpc) is 3.28. The number of aryl methyl sites for hydroxylation is 1. The fourth-order valence-corrected chi connectivity index (χ4v) is 5.85. The molecule has 174 valence electrons. The Morgan fingerprint density at radius 1 is 1.06 bits per heavy atom. The molecular weight excluding hydrogens is 449 g/mol. The number of aromatic amines is 1. The Morgan fingerprint density at radius 2 is 1.88 bits per heavy atom. The van der Waals surface area contributed by atoms with Crippen molar-refractivity contribution in [3.05, 3.63) is 83.4 Å². The fraction of sp³-hybridized carbons (Fsp3) is 0.259. The Balaban J connectivity index is 1.46. The number of pyridine rings is 1. The lowest BCUT2D eigenvalue weighted by Gasteiger charge is -2.21. The van der Waals surface area contributed by atoms with E-state index in [1.807, 2.05) is 31.2 Å². The van der Waals surface area contributed by atoms with Crippen molar-refractivity contribution in [1.82, 2.24) is 9.97 Å². The summed E-state index contributed by atoms with van der Waals surface area (Å²) in [6.45, 7) is 2.02. The molecule has 0 radical (unpaired) electrons. The lowest BCUT2D eigenvalue weighted by Crippen LogP contribution is -2.23. The predicted molar refractivity (Wildman–Crippen MR) is 135 cm³/mol. The van der Waals surface area contributed by atoms with Gasteiger partial charge in [-0.3, -0.25) is 4.79 Å². The summed E-state index contributed by atoms with van der Waals surface area (Å²) in [6.07, 6.45) is 8.48. The van der Waals surface area contributed by atoms with Gasteiger partial charge < -0.3 is 9.71 Å². The van der Waals surface area contributed by atoms with Gasteiger partial charge in [0.2, 0.25) is 0 Å². The van der Waals surface area contributed by atoms with Crippen LogP contribution < -0.4 is 4.72 Å². The number of hydrogen-bond donors (Lipinski definition) is 2. The molecule has 5 rings (SSSR count). The highest BCUT2D eigenvalue weighted by atomic mass is 32.2. The number of fused-ring (bicyclic) bond motifs is 1. The van der Waals surface area contributed by atoms with Crippen LogP contribution in [0.4, 0.5) is 10.1 Å². The third-order valence-electron chi connectivity index (χ3n) is 6.41. The van der Waals surface area contributed by atoms with Crippen LogP contribution in [0.3, 0.4) is 0 Å². The molecule has 0 saturated heterocycles. The Bertz CT molecular complexity index is 1390. The molecule has 2 aromatic carbocycles. The van der Waals surface area contributed by atoms with Gasteiger partial charge in [0.1, 0.15) is 22.5 Å². The molecule has 1 aliphatic carbocycles. The van der Waals surface area contributed by atoms with Crippen molar-refractivity contribution in [2.75, 3.05) is 4.72 Å². The van der Waals surface area contributed by atoms with E-state index in [0.717, 1.165) is 42.4 Å². The number of nitrogens with zero attached hydrogens (tertiary/aromatic N) is 1. The molecule has 5 nitrogen and oxygen atoms in total. The summed E-state index contributed by atoms with van der Waals surface area (Å²) < 4.78 is 30.5. The Morgan fingerprint density at radius 3 is 2.68 bits per heavy atom. The summed E-state index contributed by atoms with van der Waals surface area (Å²) in [5, 5.41) is 0.713. The van der Waals surface area contributed by atoms with Crippen molar-refractivity contribution in [2.45, 2.75) is 44.3 Å². The maximum absolute atomic E-state index is 14.7. The van der Waals surface area contributed by atoms with Crippen LogP contribution in [0.15, 0.2) is 60.9 Å². The zero-order chi connectivity index (χ0) is 23.7. The highest BCUT2D eigenvalue weighted by molar-refractivity contribution is 7.87. The van der Waals surface area contributed by atoms with E-state index in [-0.39, 0.29) is 10.8 Å². The summed E-state index contributed by atoms with van der Waals surface area (Å²) in [5.74, 6) is -1.06. The molecule has 0 bridgehead atoms. The smallest absolute Gasteiger partial charge is 0.198 e. The molecule has 1 fully saturated rings. The standard InChI is InChI=1S/C27H26FN3O2S/c1-17-6-5-7-18(12-17)19-13-22-24(16-30-27(22)29-15-19)26(32)23-14-20(10-11-25(23)28)31-34(33)21-8-3-2-4-9-21/h5-7,10-16,21,31H,2-4,8-9H2,1H3,(H,29,30). The van der Waals surface area contributed by atoms with Crippen molar-refractivity contribution >= 4 is 33.5 Å². The molecule has 1 atom stereocenters. The van der Waals surface area contributed by atoms with E-state index in [9.17, 15) is 13.4 Å². The van der Waals surface area contributed by atoms with E-state index in [1.165, 1.54) is 24.6 Å². The average molecular weight is 476 g/mol. The summed E-state index contributed by atoms with van der Waals surface area (Å²) >= 11 is 0. The van der Waals surface area contributed by atoms with Crippen LogP contribution in [-0.4, -0.2) is 25.2 Å². The molecule has 2 heterocycles. The van der Waals surface area contributed by atoms with Crippen molar-refractivity contribution in [3.8, 4) is 11.1 Å². The zero-order valence-electron chi connectivity index (χ0n) is 18.9. The SMILES string of the molecule is Cc1cccc(-c2cnc3[nH]cc(C(=O)c4cc(NS(=O)C5CCCCC5)ccc4F)c3c2)c1. The quantitative estimate of drug-likeness (QED) is 0.321. The number of hydrogen-bond acceptors (Lipinski definition) is 3. The molecule has 0 aliphatic heterocycles. The van der Waals surface area contributed by atoms with Crippen molar-refractivity contribution in [3.63, 3.8) is 0 Å². The normalized spacial score (nSPS) is 15.4. The maximum atomic E-state index is 14.7. The third-order valence-corrected chi connectivity index (χ3v) is 7.93. The summed E-state index contributed by atoms with van der Waals surface area (Å²) in [5.41, 5.74) is 4.33. The summed E-state index contributed by atoms with van der Waals surface area (Å²) in [4.78, 5) is 20.9. The third kappa shape index (κ3) is 4.53. The minimum Gasteiger partial charge on any atom is -0.345 e. The predicted octanol–water partition coefficient (Wildman–Crippen LogP) is 6.32. The molecule has 2 aromatic heterocycles. The lowest BCUT2D eigenvalue weighted by atomic mass is 10.00. The summed E-state index contributed by atoms with van der Waals surface area (Å²) in [6, 6.07) is 14.2. The van der Waals surface area contributed by atoms with Gasteiger partial charge in [0.05, 0.1) is 10.8 Å². The van der Waals surface area contributed by atoms with Gasteiger partial charge in [0, 0.05) is 34.6 Å². The van der Waals surface area contributed by atoms with E-state index in [2.05, 4.69) is 20.8 Å². The van der Waals surface area contributed by atoms with Gasteiger partial charge in [-0.2, -0.15) is 0 Å². The van der Waals surface area contributed by atoms with E-state index in [0.29, 0.717) is 22.3 Å². The molecule has 34 heavy (non-hydrogen) atoms. The lowest BCUT2D eigenvalue weighted by molar-refractivity contribution is 0.103. The topological polar surface area (TPSA) is 74.8 Å². The second-order valence-electron chi connectivity index (χ2n) is 8.88. The second-order valence-corrected chi connectivity index (χ2v) is 10.3. The van der Waals surface area contributed by atoms with E-state index < -0.39 is 22.6 Å². The number of carbonyl (C=O) groups is 1. The number of ketones is 1. The molecule has 7 heteroatoms. The Kier molecular flexibility index (Phi) is 6.28. The fourth-order valence-electron chi connectivity index (χ4n) is 4.56. The molecule has 4 aromatic rings. The molecular formula is C27H26FN3O2S. The van der Waals surface area contributed by atoms with Crippen LogP contribution in [0.5, 0.6) is 0 Å². The Labute approximate surface area is 200 Å². The minimum absolute atomic E-state index is 0.0625. The molecule has 0 amide bonds. The highest BCUT2D eigenvalue weighted by Crippen LogP contribution is 2.29. The van der Waals surface area contributed by atoms with E-state index in [1.54, 1.807) is 12.4 Å². The largest absolute Gasteiger partial charge is 0.345 e. The number of H-pyrrole nitrogens is 1. The van der Waals surface area contributed by atoms with Gasteiger partial charge in [-0.25, -0.2) is 13.6 Å². The van der Waals surface area contributed by atoms with Crippen LogP contribution in [0.25, 0.3) is 22.2 Å². The highest BCUT2D eigenvalue weighted by Gasteiger charge is 2.22. The van der Waals surface area contributed by atoms with Crippen LogP contribution >= 0.6 is 0 Å². The second kappa shape index (κ2) is 9.50.